The van der Waals surface area contributed by atoms with E-state index in [1.165, 1.54) is 12.1 Å². The van der Waals surface area contributed by atoms with Gasteiger partial charge in [0.15, 0.2) is 0 Å². The second kappa shape index (κ2) is 6.29. The number of hydrogen-bond acceptors (Lipinski definition) is 1. The van der Waals surface area contributed by atoms with Crippen LogP contribution in [0.1, 0.15) is 24.1 Å². The second-order valence-corrected chi connectivity index (χ2v) is 4.76. The third-order valence-corrected chi connectivity index (χ3v) is 3.19. The second-order valence-electron chi connectivity index (χ2n) is 4.32. The molecular formula is C15H13ClF3N. The van der Waals surface area contributed by atoms with Crippen LogP contribution in [0.4, 0.5) is 13.2 Å². The SMILES string of the molecule is CCNC(c1ccc(Cl)cc1F)c1cc(F)ccc1F. The first-order chi connectivity index (χ1) is 9.52. The smallest absolute Gasteiger partial charge is 0.129 e. The highest BCUT2D eigenvalue weighted by Crippen LogP contribution is 2.28. The van der Waals surface area contributed by atoms with E-state index in [4.69, 9.17) is 11.6 Å². The highest BCUT2D eigenvalue weighted by Gasteiger charge is 2.21. The van der Waals surface area contributed by atoms with Crippen LogP contribution in [0.25, 0.3) is 0 Å². The fourth-order valence-corrected chi connectivity index (χ4v) is 2.22. The zero-order valence-corrected chi connectivity index (χ0v) is 11.5. The van der Waals surface area contributed by atoms with E-state index in [1.54, 1.807) is 6.92 Å². The van der Waals surface area contributed by atoms with Crippen LogP contribution in [-0.2, 0) is 0 Å². The van der Waals surface area contributed by atoms with Crippen LogP contribution >= 0.6 is 11.6 Å². The molecule has 0 heterocycles. The maximum Gasteiger partial charge on any atom is 0.129 e. The summed E-state index contributed by atoms with van der Waals surface area (Å²) in [4.78, 5) is 0. The van der Waals surface area contributed by atoms with Crippen molar-refractivity contribution in [2.24, 2.45) is 0 Å². The van der Waals surface area contributed by atoms with Crippen LogP contribution < -0.4 is 5.32 Å². The van der Waals surface area contributed by atoms with Crippen molar-refractivity contribution >= 4 is 11.6 Å². The Labute approximate surface area is 120 Å². The molecule has 0 fully saturated rings. The molecule has 2 aromatic rings. The van der Waals surface area contributed by atoms with Crippen LogP contribution in [0.2, 0.25) is 5.02 Å². The highest BCUT2D eigenvalue weighted by atomic mass is 35.5. The molecule has 20 heavy (non-hydrogen) atoms. The lowest BCUT2D eigenvalue weighted by atomic mass is 9.97. The van der Waals surface area contributed by atoms with Crippen LogP contribution in [0, 0.1) is 17.5 Å². The van der Waals surface area contributed by atoms with Gasteiger partial charge in [0.2, 0.25) is 0 Å². The monoisotopic (exact) mass is 299 g/mol. The van der Waals surface area contributed by atoms with Gasteiger partial charge < -0.3 is 5.32 Å². The van der Waals surface area contributed by atoms with Crippen LogP contribution in [-0.4, -0.2) is 6.54 Å². The Morgan fingerprint density at radius 1 is 1.00 bits per heavy atom. The van der Waals surface area contributed by atoms with Gasteiger partial charge in [-0.05, 0) is 36.9 Å². The molecule has 0 aliphatic heterocycles. The van der Waals surface area contributed by atoms with E-state index in [9.17, 15) is 13.2 Å². The molecule has 0 bridgehead atoms. The fraction of sp³-hybridized carbons (Fsp3) is 0.200. The lowest BCUT2D eigenvalue weighted by Gasteiger charge is -2.20. The lowest BCUT2D eigenvalue weighted by molar-refractivity contribution is 0.522. The van der Waals surface area contributed by atoms with E-state index >= 15 is 0 Å². The highest BCUT2D eigenvalue weighted by molar-refractivity contribution is 6.30. The topological polar surface area (TPSA) is 12.0 Å². The minimum Gasteiger partial charge on any atom is -0.306 e. The molecule has 106 valence electrons. The third kappa shape index (κ3) is 3.14. The molecular weight excluding hydrogens is 287 g/mol. The van der Waals surface area contributed by atoms with Crippen molar-refractivity contribution < 1.29 is 13.2 Å². The van der Waals surface area contributed by atoms with Gasteiger partial charge in [-0.25, -0.2) is 13.2 Å². The zero-order chi connectivity index (χ0) is 14.7. The van der Waals surface area contributed by atoms with Crippen molar-refractivity contribution in [1.82, 2.24) is 5.32 Å². The molecule has 2 rings (SSSR count). The van der Waals surface area contributed by atoms with Gasteiger partial charge in [0, 0.05) is 16.1 Å². The van der Waals surface area contributed by atoms with Gasteiger partial charge in [-0.15, -0.1) is 0 Å². The molecule has 1 unspecified atom stereocenters. The van der Waals surface area contributed by atoms with Gasteiger partial charge in [-0.2, -0.15) is 0 Å². The van der Waals surface area contributed by atoms with E-state index in [0.717, 1.165) is 24.3 Å². The molecule has 2 aromatic carbocycles. The molecule has 1 N–H and O–H groups in total. The van der Waals surface area contributed by atoms with E-state index in [-0.39, 0.29) is 16.1 Å². The Morgan fingerprint density at radius 3 is 2.40 bits per heavy atom. The average Bonchev–Trinajstić information content (AvgIpc) is 2.40. The molecule has 0 amide bonds. The van der Waals surface area contributed by atoms with Gasteiger partial charge in [-0.1, -0.05) is 24.6 Å². The summed E-state index contributed by atoms with van der Waals surface area (Å²) in [6, 6.07) is 6.49. The average molecular weight is 300 g/mol. The molecule has 1 atom stereocenters. The minimum absolute atomic E-state index is 0.0630. The first kappa shape index (κ1) is 14.9. The van der Waals surface area contributed by atoms with Gasteiger partial charge in [0.25, 0.3) is 0 Å². The van der Waals surface area contributed by atoms with Crippen molar-refractivity contribution in [2.75, 3.05) is 6.54 Å². The number of hydrogen-bond donors (Lipinski definition) is 1. The van der Waals surface area contributed by atoms with E-state index in [0.29, 0.717) is 6.54 Å². The molecule has 0 radical (unpaired) electrons. The van der Waals surface area contributed by atoms with Crippen molar-refractivity contribution in [1.29, 1.82) is 0 Å². The predicted octanol–water partition coefficient (Wildman–Crippen LogP) is 4.46. The van der Waals surface area contributed by atoms with E-state index < -0.39 is 23.5 Å². The summed E-state index contributed by atoms with van der Waals surface area (Å²) < 4.78 is 41.2. The van der Waals surface area contributed by atoms with Crippen LogP contribution in [0.3, 0.4) is 0 Å². The molecule has 0 aliphatic rings. The normalized spacial score (nSPS) is 12.4. The third-order valence-electron chi connectivity index (χ3n) is 2.95. The summed E-state index contributed by atoms with van der Waals surface area (Å²) in [7, 11) is 0. The Balaban J connectivity index is 2.53. The Bertz CT molecular complexity index is 616. The van der Waals surface area contributed by atoms with Gasteiger partial charge in [0.05, 0.1) is 6.04 Å². The van der Waals surface area contributed by atoms with E-state index in [2.05, 4.69) is 5.32 Å². The largest absolute Gasteiger partial charge is 0.306 e. The molecule has 0 aliphatic carbocycles. The summed E-state index contributed by atoms with van der Waals surface area (Å²) in [5.74, 6) is -1.72. The Morgan fingerprint density at radius 2 is 1.75 bits per heavy atom. The fourth-order valence-electron chi connectivity index (χ4n) is 2.06. The summed E-state index contributed by atoms with van der Waals surface area (Å²) in [6.07, 6.45) is 0. The van der Waals surface area contributed by atoms with Crippen molar-refractivity contribution in [3.8, 4) is 0 Å². The molecule has 1 nitrogen and oxygen atoms in total. The number of nitrogens with one attached hydrogen (secondary N) is 1. The van der Waals surface area contributed by atoms with Crippen molar-refractivity contribution in [3.63, 3.8) is 0 Å². The van der Waals surface area contributed by atoms with Gasteiger partial charge >= 0.3 is 0 Å². The first-order valence-electron chi connectivity index (χ1n) is 6.16. The number of benzene rings is 2. The molecule has 0 saturated heterocycles. The maximum absolute atomic E-state index is 14.0. The molecule has 0 aromatic heterocycles. The van der Waals surface area contributed by atoms with E-state index in [1.807, 2.05) is 0 Å². The molecule has 0 spiro atoms. The number of rotatable bonds is 4. The van der Waals surface area contributed by atoms with Gasteiger partial charge in [-0.3, -0.25) is 0 Å². The summed E-state index contributed by atoms with van der Waals surface area (Å²) >= 11 is 5.71. The van der Waals surface area contributed by atoms with Crippen molar-refractivity contribution in [2.45, 2.75) is 13.0 Å². The summed E-state index contributed by atoms with van der Waals surface area (Å²) in [6.45, 7) is 2.28. The standard InChI is InChI=1S/C15H13ClF3N/c1-2-20-15(11-5-3-9(16)7-14(11)19)12-8-10(17)4-6-13(12)18/h3-8,15,20H,2H2,1H3. The first-order valence-corrected chi connectivity index (χ1v) is 6.54. The predicted molar refractivity (Wildman–Crippen MR) is 73.3 cm³/mol. The summed E-state index contributed by atoms with van der Waals surface area (Å²) in [5.41, 5.74) is 0.286. The maximum atomic E-state index is 14.0. The molecule has 5 heteroatoms. The lowest BCUT2D eigenvalue weighted by Crippen LogP contribution is -2.24. The molecule has 0 saturated carbocycles. The number of halogens is 4. The zero-order valence-electron chi connectivity index (χ0n) is 10.8. The quantitative estimate of drug-likeness (QED) is 0.879. The summed E-state index contributed by atoms with van der Waals surface area (Å²) in [5, 5.41) is 3.20. The van der Waals surface area contributed by atoms with Crippen LogP contribution in [0.15, 0.2) is 36.4 Å². The Kier molecular flexibility index (Phi) is 4.68. The van der Waals surface area contributed by atoms with Crippen molar-refractivity contribution in [3.05, 3.63) is 70.0 Å². The minimum atomic E-state index is -0.770. The Hall–Kier alpha value is -1.52. The van der Waals surface area contributed by atoms with Gasteiger partial charge in [0.1, 0.15) is 17.5 Å². The van der Waals surface area contributed by atoms with Crippen LogP contribution in [0.5, 0.6) is 0 Å².